The summed E-state index contributed by atoms with van der Waals surface area (Å²) in [6.45, 7) is 4.57. The third-order valence-electron chi connectivity index (χ3n) is 2.67. The summed E-state index contributed by atoms with van der Waals surface area (Å²) in [5.74, 6) is 3.24. The molecule has 0 aromatic heterocycles. The molecule has 0 aliphatic rings. The van der Waals surface area contributed by atoms with Crippen LogP contribution in [0, 0.1) is 5.92 Å². The van der Waals surface area contributed by atoms with Crippen LogP contribution in [0.5, 0.6) is 0 Å². The summed E-state index contributed by atoms with van der Waals surface area (Å²) < 4.78 is 0. The zero-order chi connectivity index (χ0) is 11.8. The Morgan fingerprint density at radius 2 is 1.88 bits per heavy atom. The lowest BCUT2D eigenvalue weighted by Gasteiger charge is -2.16. The Morgan fingerprint density at radius 1 is 1.19 bits per heavy atom. The van der Waals surface area contributed by atoms with Gasteiger partial charge in [-0.2, -0.15) is 11.8 Å². The van der Waals surface area contributed by atoms with Crippen LogP contribution >= 0.6 is 11.8 Å². The predicted molar refractivity (Wildman–Crippen MR) is 75.0 cm³/mol. The highest BCUT2D eigenvalue weighted by atomic mass is 32.2. The Morgan fingerprint density at radius 3 is 2.44 bits per heavy atom. The van der Waals surface area contributed by atoms with E-state index in [0.717, 1.165) is 11.7 Å². The minimum atomic E-state index is 0.485. The fourth-order valence-corrected chi connectivity index (χ4v) is 2.95. The van der Waals surface area contributed by atoms with Gasteiger partial charge in [0.05, 0.1) is 0 Å². The topological polar surface area (TPSA) is 12.0 Å². The number of thioether (sulfide) groups is 1. The molecule has 1 atom stereocenters. The summed E-state index contributed by atoms with van der Waals surface area (Å²) >= 11 is 2.05. The molecule has 1 rings (SSSR count). The summed E-state index contributed by atoms with van der Waals surface area (Å²) in [5.41, 5.74) is 1.39. The lowest BCUT2D eigenvalue weighted by Crippen LogP contribution is -2.18. The van der Waals surface area contributed by atoms with Crippen LogP contribution < -0.4 is 5.32 Å². The van der Waals surface area contributed by atoms with Crippen LogP contribution in [0.4, 0.5) is 0 Å². The zero-order valence-electron chi connectivity index (χ0n) is 10.6. The van der Waals surface area contributed by atoms with Gasteiger partial charge in [-0.05, 0) is 30.7 Å². The van der Waals surface area contributed by atoms with Crippen LogP contribution in [0.1, 0.15) is 31.9 Å². The summed E-state index contributed by atoms with van der Waals surface area (Å²) in [6, 6.07) is 11.2. The van der Waals surface area contributed by atoms with Crippen LogP contribution in [0.15, 0.2) is 30.3 Å². The molecule has 2 heteroatoms. The molecular formula is C14H23NS. The van der Waals surface area contributed by atoms with Gasteiger partial charge in [0, 0.05) is 11.8 Å². The molecule has 0 amide bonds. The predicted octanol–water partition coefficient (Wildman–Crippen LogP) is 3.73. The van der Waals surface area contributed by atoms with E-state index in [4.69, 9.17) is 0 Å². The average Bonchev–Trinajstić information content (AvgIpc) is 2.30. The largest absolute Gasteiger partial charge is 0.312 e. The molecule has 0 aliphatic carbocycles. The highest BCUT2D eigenvalue weighted by Crippen LogP contribution is 2.19. The van der Waals surface area contributed by atoms with Gasteiger partial charge in [0.15, 0.2) is 0 Å². The van der Waals surface area contributed by atoms with Crippen molar-refractivity contribution in [3.63, 3.8) is 0 Å². The van der Waals surface area contributed by atoms with E-state index in [1.54, 1.807) is 0 Å². The van der Waals surface area contributed by atoms with Crippen LogP contribution in [-0.4, -0.2) is 18.6 Å². The zero-order valence-corrected chi connectivity index (χ0v) is 11.4. The fraction of sp³-hybridized carbons (Fsp3) is 0.571. The van der Waals surface area contributed by atoms with E-state index in [2.05, 4.69) is 49.5 Å². The number of rotatable bonds is 7. The molecular weight excluding hydrogens is 214 g/mol. The van der Waals surface area contributed by atoms with Crippen molar-refractivity contribution in [1.82, 2.24) is 5.32 Å². The summed E-state index contributed by atoms with van der Waals surface area (Å²) in [6.07, 6.45) is 1.32. The van der Waals surface area contributed by atoms with Gasteiger partial charge in [-0.1, -0.05) is 44.2 Å². The molecule has 0 saturated heterocycles. The first kappa shape index (κ1) is 13.6. The van der Waals surface area contributed by atoms with Crippen molar-refractivity contribution in [1.29, 1.82) is 0 Å². The number of nitrogens with one attached hydrogen (secondary N) is 1. The van der Waals surface area contributed by atoms with E-state index >= 15 is 0 Å². The normalized spacial score (nSPS) is 13.0. The maximum Gasteiger partial charge on any atom is 0.0409 e. The maximum absolute atomic E-state index is 3.39. The van der Waals surface area contributed by atoms with Gasteiger partial charge in [0.2, 0.25) is 0 Å². The van der Waals surface area contributed by atoms with E-state index in [-0.39, 0.29) is 0 Å². The van der Waals surface area contributed by atoms with E-state index < -0.39 is 0 Å². The van der Waals surface area contributed by atoms with Crippen LogP contribution in [0.2, 0.25) is 0 Å². The molecule has 90 valence electrons. The number of hydrogen-bond donors (Lipinski definition) is 1. The monoisotopic (exact) mass is 237 g/mol. The van der Waals surface area contributed by atoms with Gasteiger partial charge in [0.25, 0.3) is 0 Å². The minimum Gasteiger partial charge on any atom is -0.312 e. The van der Waals surface area contributed by atoms with Gasteiger partial charge in [0.1, 0.15) is 0 Å². The van der Waals surface area contributed by atoms with E-state index in [0.29, 0.717) is 6.04 Å². The van der Waals surface area contributed by atoms with E-state index in [1.807, 2.05) is 18.8 Å². The molecule has 0 radical (unpaired) electrons. The van der Waals surface area contributed by atoms with Crippen molar-refractivity contribution in [2.24, 2.45) is 5.92 Å². The molecule has 1 aromatic rings. The van der Waals surface area contributed by atoms with Gasteiger partial charge in [-0.25, -0.2) is 0 Å². The van der Waals surface area contributed by atoms with Gasteiger partial charge >= 0.3 is 0 Å². The lowest BCUT2D eigenvalue weighted by molar-refractivity contribution is 0.628. The molecule has 1 unspecified atom stereocenters. The smallest absolute Gasteiger partial charge is 0.0409 e. The highest BCUT2D eigenvalue weighted by molar-refractivity contribution is 7.99. The molecule has 0 bridgehead atoms. The molecule has 1 aromatic carbocycles. The summed E-state index contributed by atoms with van der Waals surface area (Å²) in [4.78, 5) is 0. The maximum atomic E-state index is 3.39. The second-order valence-electron chi connectivity index (χ2n) is 4.51. The molecule has 1 nitrogen and oxygen atoms in total. The van der Waals surface area contributed by atoms with Crippen molar-refractivity contribution in [2.45, 2.75) is 26.3 Å². The molecule has 0 fully saturated rings. The third-order valence-corrected chi connectivity index (χ3v) is 3.77. The van der Waals surface area contributed by atoms with Crippen molar-refractivity contribution in [3.8, 4) is 0 Å². The quantitative estimate of drug-likeness (QED) is 0.725. The second-order valence-corrected chi connectivity index (χ2v) is 5.66. The molecule has 0 saturated carbocycles. The van der Waals surface area contributed by atoms with Crippen LogP contribution in [0.25, 0.3) is 0 Å². The third kappa shape index (κ3) is 5.04. The van der Waals surface area contributed by atoms with Gasteiger partial charge in [-0.3, -0.25) is 0 Å². The van der Waals surface area contributed by atoms with Crippen molar-refractivity contribution in [3.05, 3.63) is 35.9 Å². The molecule has 16 heavy (non-hydrogen) atoms. The summed E-state index contributed by atoms with van der Waals surface area (Å²) in [5, 5.41) is 3.39. The fourth-order valence-electron chi connectivity index (χ4n) is 1.55. The van der Waals surface area contributed by atoms with Crippen molar-refractivity contribution < 1.29 is 0 Å². The average molecular weight is 237 g/mol. The molecule has 0 spiro atoms. The second kappa shape index (κ2) is 7.75. The van der Waals surface area contributed by atoms with Gasteiger partial charge in [-0.15, -0.1) is 0 Å². The highest BCUT2D eigenvalue weighted by Gasteiger charge is 2.08. The van der Waals surface area contributed by atoms with E-state index in [9.17, 15) is 0 Å². The standard InChI is InChI=1S/C14H23NS/c1-12(2)9-10-16-11-14(15-3)13-7-5-4-6-8-13/h4-8,12,14-15H,9-11H2,1-3H3. The van der Waals surface area contributed by atoms with Gasteiger partial charge < -0.3 is 5.32 Å². The first-order valence-electron chi connectivity index (χ1n) is 6.04. The first-order chi connectivity index (χ1) is 7.74. The van der Waals surface area contributed by atoms with Crippen molar-refractivity contribution in [2.75, 3.05) is 18.6 Å². The van der Waals surface area contributed by atoms with Crippen LogP contribution in [-0.2, 0) is 0 Å². The van der Waals surface area contributed by atoms with Crippen molar-refractivity contribution >= 4 is 11.8 Å². The van der Waals surface area contributed by atoms with E-state index in [1.165, 1.54) is 17.7 Å². The Kier molecular flexibility index (Phi) is 6.58. The molecule has 1 N–H and O–H groups in total. The molecule has 0 heterocycles. The Bertz CT molecular complexity index is 271. The lowest BCUT2D eigenvalue weighted by atomic mass is 10.1. The number of hydrogen-bond acceptors (Lipinski definition) is 2. The number of benzene rings is 1. The Balaban J connectivity index is 2.33. The molecule has 0 aliphatic heterocycles. The SMILES string of the molecule is CNC(CSCCC(C)C)c1ccccc1. The Labute approximate surface area is 104 Å². The summed E-state index contributed by atoms with van der Waals surface area (Å²) in [7, 11) is 2.04. The van der Waals surface area contributed by atoms with Crippen LogP contribution in [0.3, 0.4) is 0 Å². The first-order valence-corrected chi connectivity index (χ1v) is 7.19. The minimum absolute atomic E-state index is 0.485. The Hall–Kier alpha value is -0.470.